The van der Waals surface area contributed by atoms with Crippen molar-refractivity contribution in [2.24, 2.45) is 9.98 Å². The van der Waals surface area contributed by atoms with E-state index in [1.165, 1.54) is 11.1 Å². The van der Waals surface area contributed by atoms with Crippen LogP contribution in [0.1, 0.15) is 24.5 Å². The number of aryl methyl sites for hydroxylation is 1. The summed E-state index contributed by atoms with van der Waals surface area (Å²) in [5.41, 5.74) is 5.55. The maximum atomic E-state index is 4.85. The van der Waals surface area contributed by atoms with Gasteiger partial charge in [0.15, 0.2) is 0 Å². The molecular weight excluding hydrogens is 276 g/mol. The van der Waals surface area contributed by atoms with Crippen LogP contribution in [0, 0.1) is 0 Å². The first-order valence-corrected chi connectivity index (χ1v) is 8.40. The fourth-order valence-corrected chi connectivity index (χ4v) is 2.84. The molecule has 1 heterocycles. The molecule has 3 rings (SSSR count). The number of aliphatic imine (C=N–C) groups is 2. The summed E-state index contributed by atoms with van der Waals surface area (Å²) < 4.78 is 0. The van der Waals surface area contributed by atoms with Gasteiger partial charge in [-0.05, 0) is 35.9 Å². The van der Waals surface area contributed by atoms with Crippen molar-refractivity contribution in [1.29, 1.82) is 0 Å². The van der Waals surface area contributed by atoms with Crippen molar-refractivity contribution < 1.29 is 0 Å². The van der Waals surface area contributed by atoms with E-state index in [2.05, 4.69) is 37.4 Å². The minimum Gasteiger partial charge on any atom is -0.250 e. The number of nitrogens with zero attached hydrogens (tertiary/aromatic N) is 2. The van der Waals surface area contributed by atoms with Gasteiger partial charge in [-0.1, -0.05) is 43.3 Å². The molecule has 0 spiro atoms. The molecule has 3 heteroatoms. The highest BCUT2D eigenvalue weighted by Gasteiger charge is 2.14. The van der Waals surface area contributed by atoms with E-state index in [0.29, 0.717) is 0 Å². The molecule has 0 aliphatic carbocycles. The van der Waals surface area contributed by atoms with E-state index in [1.807, 2.05) is 24.3 Å². The van der Waals surface area contributed by atoms with Crippen molar-refractivity contribution >= 4 is 33.9 Å². The second-order valence-electron chi connectivity index (χ2n) is 4.98. The Kier molecular flexibility index (Phi) is 4.20. The SMILES string of the molecule is CCc1ccc(C2=Nc3ccccc3N=C(SC)C2)cc1. The Bertz CT molecular complexity index is 699. The summed E-state index contributed by atoms with van der Waals surface area (Å²) in [6.07, 6.45) is 3.93. The molecule has 2 aromatic rings. The van der Waals surface area contributed by atoms with Gasteiger partial charge in [0, 0.05) is 6.42 Å². The highest BCUT2D eigenvalue weighted by Crippen LogP contribution is 2.32. The van der Waals surface area contributed by atoms with E-state index < -0.39 is 0 Å². The van der Waals surface area contributed by atoms with Crippen molar-refractivity contribution in [3.63, 3.8) is 0 Å². The fraction of sp³-hybridized carbons (Fsp3) is 0.222. The molecule has 0 amide bonds. The molecule has 0 atom stereocenters. The van der Waals surface area contributed by atoms with E-state index in [-0.39, 0.29) is 0 Å². The normalized spacial score (nSPS) is 14.0. The van der Waals surface area contributed by atoms with Crippen molar-refractivity contribution in [1.82, 2.24) is 0 Å². The quantitative estimate of drug-likeness (QED) is 0.750. The Morgan fingerprint density at radius 1 is 0.952 bits per heavy atom. The Morgan fingerprint density at radius 2 is 1.62 bits per heavy atom. The molecule has 0 saturated heterocycles. The number of hydrogen-bond donors (Lipinski definition) is 0. The molecule has 1 aliphatic rings. The predicted octanol–water partition coefficient (Wildman–Crippen LogP) is 5.17. The van der Waals surface area contributed by atoms with Gasteiger partial charge < -0.3 is 0 Å². The number of thioether (sulfide) groups is 1. The van der Waals surface area contributed by atoms with Crippen molar-refractivity contribution in [2.45, 2.75) is 19.8 Å². The summed E-state index contributed by atoms with van der Waals surface area (Å²) >= 11 is 1.70. The summed E-state index contributed by atoms with van der Waals surface area (Å²) in [7, 11) is 0. The average Bonchev–Trinajstić information content (AvgIpc) is 2.74. The number of benzene rings is 2. The molecule has 0 fully saturated rings. The zero-order valence-electron chi connectivity index (χ0n) is 12.3. The van der Waals surface area contributed by atoms with Crippen LogP contribution in [0.4, 0.5) is 11.4 Å². The van der Waals surface area contributed by atoms with Crippen LogP contribution in [-0.2, 0) is 6.42 Å². The van der Waals surface area contributed by atoms with E-state index in [1.54, 1.807) is 11.8 Å². The largest absolute Gasteiger partial charge is 0.250 e. The summed E-state index contributed by atoms with van der Waals surface area (Å²) in [4.78, 5) is 9.58. The van der Waals surface area contributed by atoms with Crippen LogP contribution in [-0.4, -0.2) is 17.0 Å². The highest BCUT2D eigenvalue weighted by molar-refractivity contribution is 8.13. The van der Waals surface area contributed by atoms with Gasteiger partial charge in [0.25, 0.3) is 0 Å². The molecule has 1 aliphatic heterocycles. The minimum absolute atomic E-state index is 0.793. The van der Waals surface area contributed by atoms with Gasteiger partial charge in [0.1, 0.15) is 0 Å². The van der Waals surface area contributed by atoms with Gasteiger partial charge in [-0.15, -0.1) is 11.8 Å². The van der Waals surface area contributed by atoms with E-state index in [9.17, 15) is 0 Å². The van der Waals surface area contributed by atoms with Crippen molar-refractivity contribution in [2.75, 3.05) is 6.26 Å². The van der Waals surface area contributed by atoms with Crippen molar-refractivity contribution in [3.05, 3.63) is 59.7 Å². The Hall–Kier alpha value is -1.87. The Labute approximate surface area is 130 Å². The van der Waals surface area contributed by atoms with E-state index in [0.717, 1.165) is 35.0 Å². The van der Waals surface area contributed by atoms with Crippen LogP contribution in [0.2, 0.25) is 0 Å². The maximum Gasteiger partial charge on any atom is 0.0896 e. The number of para-hydroxylation sites is 2. The Balaban J connectivity index is 2.05. The lowest BCUT2D eigenvalue weighted by Crippen LogP contribution is -2.05. The highest BCUT2D eigenvalue weighted by atomic mass is 32.2. The molecule has 21 heavy (non-hydrogen) atoms. The first-order chi connectivity index (χ1) is 10.3. The third-order valence-corrected chi connectivity index (χ3v) is 4.34. The second-order valence-corrected chi connectivity index (χ2v) is 5.86. The minimum atomic E-state index is 0.793. The van der Waals surface area contributed by atoms with Gasteiger partial charge in [-0.3, -0.25) is 4.99 Å². The molecular formula is C18H18N2S. The second kappa shape index (κ2) is 6.27. The number of fused-ring (bicyclic) bond motifs is 1. The topological polar surface area (TPSA) is 24.7 Å². The molecule has 0 N–H and O–H groups in total. The number of rotatable bonds is 2. The summed E-state index contributed by atoms with van der Waals surface area (Å²) in [6, 6.07) is 16.8. The molecule has 2 nitrogen and oxygen atoms in total. The monoisotopic (exact) mass is 294 g/mol. The van der Waals surface area contributed by atoms with Crippen LogP contribution >= 0.6 is 11.8 Å². The van der Waals surface area contributed by atoms with Crippen LogP contribution < -0.4 is 0 Å². The molecule has 0 unspecified atom stereocenters. The third kappa shape index (κ3) is 3.08. The molecule has 106 valence electrons. The third-order valence-electron chi connectivity index (χ3n) is 3.63. The molecule has 0 saturated carbocycles. The summed E-state index contributed by atoms with van der Waals surface area (Å²) in [5, 5.41) is 1.11. The van der Waals surface area contributed by atoms with E-state index in [4.69, 9.17) is 9.98 Å². The average molecular weight is 294 g/mol. The van der Waals surface area contributed by atoms with Gasteiger partial charge in [-0.25, -0.2) is 4.99 Å². The summed E-state index contributed by atoms with van der Waals surface area (Å²) in [6.45, 7) is 2.17. The van der Waals surface area contributed by atoms with E-state index >= 15 is 0 Å². The zero-order chi connectivity index (χ0) is 14.7. The first kappa shape index (κ1) is 14.1. The lowest BCUT2D eigenvalue weighted by molar-refractivity contribution is 1.14. The lowest BCUT2D eigenvalue weighted by Gasteiger charge is -2.06. The zero-order valence-corrected chi connectivity index (χ0v) is 13.2. The number of hydrogen-bond acceptors (Lipinski definition) is 3. The van der Waals surface area contributed by atoms with Crippen LogP contribution in [0.3, 0.4) is 0 Å². The smallest absolute Gasteiger partial charge is 0.0896 e. The van der Waals surface area contributed by atoms with Gasteiger partial charge in [0.05, 0.1) is 22.1 Å². The van der Waals surface area contributed by atoms with Crippen molar-refractivity contribution in [3.8, 4) is 0 Å². The lowest BCUT2D eigenvalue weighted by atomic mass is 10.0. The van der Waals surface area contributed by atoms with Crippen LogP contribution in [0.25, 0.3) is 0 Å². The van der Waals surface area contributed by atoms with Gasteiger partial charge in [-0.2, -0.15) is 0 Å². The molecule has 0 radical (unpaired) electrons. The van der Waals surface area contributed by atoms with Crippen LogP contribution in [0.5, 0.6) is 0 Å². The summed E-state index contributed by atoms with van der Waals surface area (Å²) in [5.74, 6) is 0. The Morgan fingerprint density at radius 3 is 2.24 bits per heavy atom. The molecule has 2 aromatic carbocycles. The molecule has 0 aromatic heterocycles. The predicted molar refractivity (Wildman–Crippen MR) is 93.7 cm³/mol. The first-order valence-electron chi connectivity index (χ1n) is 7.17. The molecule has 0 bridgehead atoms. The fourth-order valence-electron chi connectivity index (χ4n) is 2.37. The maximum absolute atomic E-state index is 4.85. The van der Waals surface area contributed by atoms with Crippen LogP contribution in [0.15, 0.2) is 58.5 Å². The van der Waals surface area contributed by atoms with Gasteiger partial charge in [0.2, 0.25) is 0 Å². The standard InChI is InChI=1S/C18H18N2S/c1-3-13-8-10-14(11-9-13)17-12-18(21-2)20-16-7-5-4-6-15(16)19-17/h4-11H,3,12H2,1-2H3. The van der Waals surface area contributed by atoms with Gasteiger partial charge >= 0.3 is 0 Å².